The van der Waals surface area contributed by atoms with Crippen LogP contribution in [0.1, 0.15) is 18.4 Å². The monoisotopic (exact) mass is 322 g/mol. The van der Waals surface area contributed by atoms with Crippen LogP contribution in [-0.4, -0.2) is 5.75 Å². The summed E-state index contributed by atoms with van der Waals surface area (Å²) in [6.07, 6.45) is 2.64. The van der Waals surface area contributed by atoms with E-state index in [1.165, 1.54) is 24.2 Å². The quantitative estimate of drug-likeness (QED) is 0.426. The van der Waals surface area contributed by atoms with Crippen molar-refractivity contribution in [3.05, 3.63) is 35.9 Å². The first-order chi connectivity index (χ1) is 6.31. The minimum Gasteiger partial charge on any atom is -0.0924 e. The molecule has 0 aromatic heterocycles. The molecule has 0 aliphatic carbocycles. The van der Waals surface area contributed by atoms with Crippen LogP contribution in [0, 0.1) is 0 Å². The van der Waals surface area contributed by atoms with Crippen molar-refractivity contribution in [1.82, 2.24) is 0 Å². The Kier molecular flexibility index (Phi) is 3.48. The zero-order valence-corrected chi connectivity index (χ0v) is 11.0. The highest BCUT2D eigenvalue weighted by Gasteiger charge is 2.31. The molecule has 1 aliphatic rings. The third-order valence-electron chi connectivity index (χ3n) is 2.12. The van der Waals surface area contributed by atoms with E-state index in [0.717, 1.165) is 0 Å². The maximum Gasteiger partial charge on any atom is 0.102 e. The van der Waals surface area contributed by atoms with Crippen molar-refractivity contribution in [3.63, 3.8) is 0 Å². The number of halogens is 1. The van der Waals surface area contributed by atoms with E-state index in [1.54, 1.807) is 0 Å². The van der Waals surface area contributed by atoms with Gasteiger partial charge in [-0.1, -0.05) is 74.5 Å². The van der Waals surface area contributed by atoms with E-state index < -0.39 is 0 Å². The SMILES string of the molecule is IC1(c2ccccc2)CCCSS1. The lowest BCUT2D eigenvalue weighted by molar-refractivity contribution is 0.763. The topological polar surface area (TPSA) is 0 Å². The molecular weight excluding hydrogens is 311 g/mol. The van der Waals surface area contributed by atoms with Gasteiger partial charge in [-0.15, -0.1) is 0 Å². The first-order valence-corrected chi connectivity index (χ1v) is 7.76. The first kappa shape index (κ1) is 10.2. The van der Waals surface area contributed by atoms with E-state index in [9.17, 15) is 0 Å². The fraction of sp³-hybridized carbons (Fsp3) is 0.400. The van der Waals surface area contributed by atoms with Gasteiger partial charge in [0.25, 0.3) is 0 Å². The van der Waals surface area contributed by atoms with Crippen LogP contribution >= 0.6 is 44.2 Å². The van der Waals surface area contributed by atoms with Crippen LogP contribution < -0.4 is 0 Å². The van der Waals surface area contributed by atoms with Gasteiger partial charge in [-0.05, 0) is 18.4 Å². The van der Waals surface area contributed by atoms with Gasteiger partial charge in [0.2, 0.25) is 0 Å². The van der Waals surface area contributed by atoms with Crippen molar-refractivity contribution in [1.29, 1.82) is 0 Å². The van der Waals surface area contributed by atoms with Gasteiger partial charge in [0.15, 0.2) is 0 Å². The van der Waals surface area contributed by atoms with Crippen molar-refractivity contribution in [2.45, 2.75) is 15.6 Å². The van der Waals surface area contributed by atoms with Crippen molar-refractivity contribution < 1.29 is 0 Å². The van der Waals surface area contributed by atoms with Crippen molar-refractivity contribution in [2.24, 2.45) is 0 Å². The highest BCUT2D eigenvalue weighted by molar-refractivity contribution is 14.1. The molecule has 0 nitrogen and oxygen atoms in total. The Morgan fingerprint density at radius 1 is 1.23 bits per heavy atom. The Balaban J connectivity index is 2.23. The molecule has 0 N–H and O–H groups in total. The van der Waals surface area contributed by atoms with E-state index in [-0.39, 0.29) is 0 Å². The zero-order valence-electron chi connectivity index (χ0n) is 7.20. The van der Waals surface area contributed by atoms with Crippen LogP contribution in [0.4, 0.5) is 0 Å². The Hall–Kier alpha value is 0.650. The van der Waals surface area contributed by atoms with Crippen LogP contribution in [0.25, 0.3) is 0 Å². The lowest BCUT2D eigenvalue weighted by atomic mass is 10.1. The summed E-state index contributed by atoms with van der Waals surface area (Å²) in [6.45, 7) is 0. The Morgan fingerprint density at radius 3 is 2.62 bits per heavy atom. The molecular formula is C10H11IS2. The summed E-state index contributed by atoms with van der Waals surface area (Å²) in [6, 6.07) is 10.8. The van der Waals surface area contributed by atoms with Gasteiger partial charge in [0.1, 0.15) is 2.75 Å². The van der Waals surface area contributed by atoms with Crippen LogP contribution in [0.3, 0.4) is 0 Å². The molecule has 13 heavy (non-hydrogen) atoms. The maximum atomic E-state index is 2.60. The Labute approximate surface area is 101 Å². The van der Waals surface area contributed by atoms with E-state index >= 15 is 0 Å². The predicted molar refractivity (Wildman–Crippen MR) is 71.4 cm³/mol. The molecule has 70 valence electrons. The van der Waals surface area contributed by atoms with E-state index in [4.69, 9.17) is 0 Å². The second-order valence-electron chi connectivity index (χ2n) is 3.10. The average molecular weight is 322 g/mol. The molecule has 1 saturated heterocycles. The number of benzene rings is 1. The lowest BCUT2D eigenvalue weighted by Crippen LogP contribution is -2.15. The van der Waals surface area contributed by atoms with Gasteiger partial charge in [-0.3, -0.25) is 0 Å². The third kappa shape index (κ3) is 2.36. The van der Waals surface area contributed by atoms with E-state index in [0.29, 0.717) is 2.75 Å². The maximum absolute atomic E-state index is 2.60. The second kappa shape index (κ2) is 4.45. The van der Waals surface area contributed by atoms with Crippen molar-refractivity contribution in [3.8, 4) is 0 Å². The summed E-state index contributed by atoms with van der Waals surface area (Å²) in [5, 5.41) is 0. The molecule has 2 rings (SSSR count). The normalized spacial score (nSPS) is 28.7. The summed E-state index contributed by atoms with van der Waals surface area (Å²) in [5.74, 6) is 1.31. The second-order valence-corrected chi connectivity index (χ2v) is 8.39. The van der Waals surface area contributed by atoms with Gasteiger partial charge in [0, 0.05) is 5.75 Å². The van der Waals surface area contributed by atoms with Gasteiger partial charge in [-0.2, -0.15) is 0 Å². The molecule has 1 atom stereocenters. The standard InChI is InChI=1S/C10H11IS2/c11-10(7-4-8-12-13-10)9-5-2-1-3-6-9/h1-3,5-6H,4,7-8H2. The minimum atomic E-state index is 0.321. The summed E-state index contributed by atoms with van der Waals surface area (Å²) in [5.41, 5.74) is 1.47. The molecule has 1 aromatic rings. The lowest BCUT2D eigenvalue weighted by Gasteiger charge is -2.30. The molecule has 1 fully saturated rings. The highest BCUT2D eigenvalue weighted by atomic mass is 127. The summed E-state index contributed by atoms with van der Waals surface area (Å²) in [4.78, 5) is 0. The van der Waals surface area contributed by atoms with Crippen molar-refractivity contribution in [2.75, 3.05) is 5.75 Å². The number of hydrogen-bond donors (Lipinski definition) is 0. The van der Waals surface area contributed by atoms with E-state index in [1.807, 2.05) is 21.6 Å². The largest absolute Gasteiger partial charge is 0.102 e. The average Bonchev–Trinajstić information content (AvgIpc) is 2.20. The van der Waals surface area contributed by atoms with Gasteiger partial charge >= 0.3 is 0 Å². The molecule has 1 unspecified atom stereocenters. The van der Waals surface area contributed by atoms with E-state index in [2.05, 4.69) is 52.9 Å². The summed E-state index contributed by atoms with van der Waals surface area (Å²) >= 11 is 2.60. The fourth-order valence-electron chi connectivity index (χ4n) is 1.41. The van der Waals surface area contributed by atoms with Crippen LogP contribution in [-0.2, 0) is 2.75 Å². The Morgan fingerprint density at radius 2 is 2.00 bits per heavy atom. The van der Waals surface area contributed by atoms with Crippen LogP contribution in [0.2, 0.25) is 0 Å². The fourth-order valence-corrected chi connectivity index (χ4v) is 5.99. The third-order valence-corrected chi connectivity index (χ3v) is 7.83. The minimum absolute atomic E-state index is 0.321. The van der Waals surface area contributed by atoms with Crippen LogP contribution in [0.5, 0.6) is 0 Å². The number of alkyl halides is 1. The molecule has 0 bridgehead atoms. The smallest absolute Gasteiger partial charge is 0.0924 e. The summed E-state index contributed by atoms with van der Waals surface area (Å²) in [7, 11) is 4.03. The summed E-state index contributed by atoms with van der Waals surface area (Å²) < 4.78 is 0.321. The first-order valence-electron chi connectivity index (χ1n) is 4.36. The van der Waals surface area contributed by atoms with Crippen molar-refractivity contribution >= 4 is 44.2 Å². The zero-order chi connectivity index (χ0) is 9.15. The molecule has 0 saturated carbocycles. The van der Waals surface area contributed by atoms with Gasteiger partial charge in [0.05, 0.1) is 0 Å². The van der Waals surface area contributed by atoms with Gasteiger partial charge < -0.3 is 0 Å². The number of hydrogen-bond acceptors (Lipinski definition) is 2. The molecule has 1 heterocycles. The van der Waals surface area contributed by atoms with Crippen LogP contribution in [0.15, 0.2) is 30.3 Å². The molecule has 0 amide bonds. The molecule has 3 heteroatoms. The molecule has 1 aromatic carbocycles. The number of rotatable bonds is 1. The van der Waals surface area contributed by atoms with Gasteiger partial charge in [-0.25, -0.2) is 0 Å². The highest BCUT2D eigenvalue weighted by Crippen LogP contribution is 2.55. The molecule has 0 spiro atoms. The molecule has 0 radical (unpaired) electrons. The Bertz CT molecular complexity index is 268. The molecule has 1 aliphatic heterocycles. The predicted octanol–water partition coefficient (Wildman–Crippen LogP) is 4.45.